The summed E-state index contributed by atoms with van der Waals surface area (Å²) in [6, 6.07) is 13.6. The average molecular weight is 989 g/mol. The van der Waals surface area contributed by atoms with Crippen molar-refractivity contribution in [3.63, 3.8) is 0 Å². The molecule has 0 N–H and O–H groups in total. The number of rotatable bonds is 10. The van der Waals surface area contributed by atoms with Crippen LogP contribution in [0.1, 0.15) is 0 Å². The zero-order valence-electron chi connectivity index (χ0n) is 33.3. The second-order valence-electron chi connectivity index (χ2n) is 14.5. The molecule has 0 atom stereocenters. The minimum absolute atomic E-state index is 0.0396. The van der Waals surface area contributed by atoms with Crippen LogP contribution in [0.3, 0.4) is 0 Å². The van der Waals surface area contributed by atoms with Gasteiger partial charge in [-0.1, -0.05) is 61.2 Å². The van der Waals surface area contributed by atoms with Gasteiger partial charge in [-0.2, -0.15) is 0 Å². The van der Waals surface area contributed by atoms with Crippen LogP contribution in [0.25, 0.3) is 43.4 Å². The molecule has 22 heteroatoms. The van der Waals surface area contributed by atoms with Crippen LogP contribution >= 0.6 is 0 Å². The first kappa shape index (κ1) is 47.7. The molecule has 0 saturated carbocycles. The number of allylic oxidation sites excluding steroid dienone is 4. The van der Waals surface area contributed by atoms with Crippen molar-refractivity contribution in [3.05, 3.63) is 196 Å². The van der Waals surface area contributed by atoms with Gasteiger partial charge in [0.1, 0.15) is 23.7 Å². The molecular weight excluding hydrogens is 972 g/mol. The van der Waals surface area contributed by atoms with Gasteiger partial charge in [0, 0.05) is 11.1 Å². The number of nitrogens with zero attached hydrogens (tertiary/aromatic N) is 2. The van der Waals surface area contributed by atoms with Gasteiger partial charge in [-0.25, -0.2) is 87.8 Å². The third-order valence-corrected chi connectivity index (χ3v) is 10.8. The summed E-state index contributed by atoms with van der Waals surface area (Å²) in [5.41, 5.74) is -9.58. The average Bonchev–Trinajstić information content (AvgIpc) is 3.36. The van der Waals surface area contributed by atoms with Gasteiger partial charge in [0.2, 0.25) is 17.5 Å². The Hall–Kier alpha value is -7.78. The van der Waals surface area contributed by atoms with E-state index in [1.54, 1.807) is 0 Å². The van der Waals surface area contributed by atoms with E-state index in [2.05, 4.69) is 6.58 Å². The fourth-order valence-corrected chi connectivity index (χ4v) is 7.66. The summed E-state index contributed by atoms with van der Waals surface area (Å²) >= 11 is 0. The minimum Gasteiger partial charge on any atom is -0.303 e. The Morgan fingerprint density at radius 1 is 0.391 bits per heavy atom. The van der Waals surface area contributed by atoms with E-state index in [1.165, 1.54) is 30.3 Å². The van der Waals surface area contributed by atoms with E-state index in [9.17, 15) is 57.1 Å². The third kappa shape index (κ3) is 7.21. The molecule has 0 amide bonds. The summed E-state index contributed by atoms with van der Waals surface area (Å²) in [6.45, 7) is 0.708. The summed E-state index contributed by atoms with van der Waals surface area (Å²) < 4.78 is 294. The van der Waals surface area contributed by atoms with Crippen LogP contribution in [0, 0.1) is 87.3 Å². The lowest BCUT2D eigenvalue weighted by atomic mass is 9.89. The molecule has 0 aliphatic rings. The molecule has 0 fully saturated rings. The maximum Gasteiger partial charge on any atom is 0.200 e. The maximum absolute atomic E-state index is 15.6. The second-order valence-corrected chi connectivity index (χ2v) is 14.5. The summed E-state index contributed by atoms with van der Waals surface area (Å²) in [5.74, 6) is -51.1. The van der Waals surface area contributed by atoms with Crippen molar-refractivity contribution >= 4 is 60.8 Å². The Bertz CT molecular complexity index is 3410. The van der Waals surface area contributed by atoms with E-state index in [4.69, 9.17) is 0 Å². The smallest absolute Gasteiger partial charge is 0.200 e. The first-order chi connectivity index (χ1) is 32.6. The standard InChI is InChI=1S/C47H16F20N2/c1-15(27(50)29(52)28(51)23(49)14-48)68(45-39(62)33(56)30(53)34(57)40(45)63)19-8-2-16(3-9-19)20-10-4-17-6-12-22-24(13-7-18-5-11-21(20)25(17)26(18)22)69(46-41(64)35(58)31(54)36(59)42(46)65)47-43(66)37(60)32(55)38(61)44(47)67/h2-13H,1,14H2/b28-23-,29-27-. The highest BCUT2D eigenvalue weighted by Gasteiger charge is 2.38. The highest BCUT2D eigenvalue weighted by atomic mass is 19.2. The minimum atomic E-state index is -2.83. The number of alkyl halides is 1. The fraction of sp³-hybridized carbons (Fsp3) is 0.0213. The van der Waals surface area contributed by atoms with Crippen molar-refractivity contribution < 1.29 is 87.8 Å². The van der Waals surface area contributed by atoms with Crippen LogP contribution in [0.5, 0.6) is 0 Å². The molecule has 8 rings (SSSR count). The van der Waals surface area contributed by atoms with E-state index in [-0.39, 0.29) is 53.2 Å². The van der Waals surface area contributed by atoms with Crippen molar-refractivity contribution in [2.24, 2.45) is 0 Å². The number of halogens is 20. The van der Waals surface area contributed by atoms with E-state index in [1.807, 2.05) is 0 Å². The zero-order chi connectivity index (χ0) is 50.4. The van der Waals surface area contributed by atoms with E-state index >= 15 is 30.7 Å². The molecule has 0 aliphatic heterocycles. The maximum atomic E-state index is 15.6. The molecule has 0 bridgehead atoms. The lowest BCUT2D eigenvalue weighted by Gasteiger charge is -2.29. The number of hydrogen-bond donors (Lipinski definition) is 0. The second kappa shape index (κ2) is 17.4. The fourth-order valence-electron chi connectivity index (χ4n) is 7.66. The van der Waals surface area contributed by atoms with Crippen LogP contribution in [0.2, 0.25) is 0 Å². The van der Waals surface area contributed by atoms with Crippen molar-refractivity contribution in [1.82, 2.24) is 0 Å². The van der Waals surface area contributed by atoms with Gasteiger partial charge in [0.15, 0.2) is 93.1 Å². The Morgan fingerprint density at radius 2 is 0.768 bits per heavy atom. The highest BCUT2D eigenvalue weighted by Crippen LogP contribution is 2.50. The molecule has 0 radical (unpaired) electrons. The topological polar surface area (TPSA) is 6.48 Å². The molecule has 2 nitrogen and oxygen atoms in total. The number of hydrogen-bond acceptors (Lipinski definition) is 2. The Balaban J connectivity index is 1.35. The van der Waals surface area contributed by atoms with Crippen LogP contribution in [0.4, 0.5) is 116 Å². The summed E-state index contributed by atoms with van der Waals surface area (Å²) in [7, 11) is 0. The van der Waals surface area contributed by atoms with Crippen LogP contribution in [0.15, 0.2) is 108 Å². The summed E-state index contributed by atoms with van der Waals surface area (Å²) in [6.07, 6.45) is 0. The summed E-state index contributed by atoms with van der Waals surface area (Å²) in [5, 5.41) is 0.320. The third-order valence-electron chi connectivity index (χ3n) is 10.8. The van der Waals surface area contributed by atoms with Gasteiger partial charge in [0.25, 0.3) is 0 Å². The van der Waals surface area contributed by atoms with Gasteiger partial charge in [-0.05, 0) is 56.3 Å². The predicted molar refractivity (Wildman–Crippen MR) is 212 cm³/mol. The van der Waals surface area contributed by atoms with Crippen molar-refractivity contribution in [2.45, 2.75) is 0 Å². The molecule has 0 unspecified atom stereocenters. The monoisotopic (exact) mass is 988 g/mol. The van der Waals surface area contributed by atoms with Crippen molar-refractivity contribution in [3.8, 4) is 11.1 Å². The van der Waals surface area contributed by atoms with E-state index in [0.29, 0.717) is 0 Å². The van der Waals surface area contributed by atoms with Crippen molar-refractivity contribution in [1.29, 1.82) is 0 Å². The Kier molecular flexibility index (Phi) is 12.0. The lowest BCUT2D eigenvalue weighted by Crippen LogP contribution is -2.21. The number of benzene rings is 8. The quantitative estimate of drug-likeness (QED) is 0.0443. The number of anilines is 5. The largest absolute Gasteiger partial charge is 0.303 e. The first-order valence-electron chi connectivity index (χ1n) is 18.9. The molecule has 8 aromatic rings. The van der Waals surface area contributed by atoms with Crippen LogP contribution < -0.4 is 9.80 Å². The molecule has 0 saturated heterocycles. The molecule has 0 spiro atoms. The molecule has 0 aromatic heterocycles. The van der Waals surface area contributed by atoms with Gasteiger partial charge >= 0.3 is 0 Å². The van der Waals surface area contributed by atoms with Crippen molar-refractivity contribution in [2.75, 3.05) is 16.5 Å². The Morgan fingerprint density at radius 3 is 1.22 bits per heavy atom. The van der Waals surface area contributed by atoms with Gasteiger partial charge < -0.3 is 4.90 Å². The normalized spacial score (nSPS) is 12.6. The van der Waals surface area contributed by atoms with Gasteiger partial charge in [-0.15, -0.1) is 0 Å². The Labute approximate surface area is 371 Å². The lowest BCUT2D eigenvalue weighted by molar-refractivity contribution is 0.375. The zero-order valence-corrected chi connectivity index (χ0v) is 33.3. The molecule has 354 valence electrons. The highest BCUT2D eigenvalue weighted by molar-refractivity contribution is 6.28. The van der Waals surface area contributed by atoms with Crippen LogP contribution in [-0.2, 0) is 0 Å². The molecule has 0 heterocycles. The van der Waals surface area contributed by atoms with Gasteiger partial charge in [0.05, 0.1) is 11.4 Å². The van der Waals surface area contributed by atoms with Gasteiger partial charge in [-0.3, -0.25) is 4.90 Å². The summed E-state index contributed by atoms with van der Waals surface area (Å²) in [4.78, 5) is -0.587. The van der Waals surface area contributed by atoms with E-state index in [0.717, 1.165) is 42.5 Å². The molecular formula is C47H16F20N2. The molecule has 0 aliphatic carbocycles. The predicted octanol–water partition coefficient (Wildman–Crippen LogP) is 16.7. The van der Waals surface area contributed by atoms with Crippen LogP contribution in [-0.4, -0.2) is 6.67 Å². The SMILES string of the molecule is C=C(/C(F)=C(F)\C(F)=C(\F)CF)N(c1ccc(-c2ccc3ccc4c(N(c5c(F)c(F)c(F)c(F)c5F)c5c(F)c(F)c(F)c(F)c5F)ccc5ccc2c3c54)cc1)c1c(F)c(F)c(F)c(F)c1F. The van der Waals surface area contributed by atoms with E-state index < -0.39 is 151 Å². The first-order valence-corrected chi connectivity index (χ1v) is 18.9. The molecule has 8 aromatic carbocycles. The molecule has 69 heavy (non-hydrogen) atoms.